The van der Waals surface area contributed by atoms with Crippen LogP contribution in [0, 0.1) is 0 Å². The summed E-state index contributed by atoms with van der Waals surface area (Å²) in [6.45, 7) is 0.985. The molecule has 0 aliphatic carbocycles. The summed E-state index contributed by atoms with van der Waals surface area (Å²) in [5, 5.41) is 9.79. The normalized spacial score (nSPS) is 33.6. The Bertz CT molecular complexity index is 110. The number of rotatable bonds is 2. The molecule has 1 saturated heterocycles. The molecule has 0 spiro atoms. The van der Waals surface area contributed by atoms with Crippen molar-refractivity contribution < 1.29 is 5.11 Å². The molecular weight excluding hydrogens is 166 g/mol. The topological polar surface area (TPSA) is 23.5 Å². The molecule has 0 aromatic carbocycles. The quantitative estimate of drug-likeness (QED) is 0.630. The van der Waals surface area contributed by atoms with Gasteiger partial charge in [0.05, 0.1) is 11.4 Å². The van der Waals surface area contributed by atoms with Crippen LogP contribution in [0.15, 0.2) is 0 Å². The number of hydrogen-bond donors (Lipinski definition) is 1. The largest absolute Gasteiger partial charge is 0.391 e. The second kappa shape index (κ2) is 3.85. The molecule has 0 bridgehead atoms. The lowest BCUT2D eigenvalue weighted by molar-refractivity contribution is 0.184. The van der Waals surface area contributed by atoms with Crippen LogP contribution in [-0.2, 0) is 0 Å². The summed E-state index contributed by atoms with van der Waals surface area (Å²) in [6.07, 6.45) is -0.0996. The van der Waals surface area contributed by atoms with E-state index in [0.29, 0.717) is 5.25 Å². The number of aliphatic hydroxyl groups is 1. The Morgan fingerprint density at radius 3 is 2.70 bits per heavy atom. The van der Waals surface area contributed by atoms with E-state index in [4.69, 9.17) is 0 Å². The second-order valence-electron chi connectivity index (χ2n) is 2.75. The zero-order chi connectivity index (χ0) is 7.56. The Labute approximate surface area is 69.8 Å². The lowest BCUT2D eigenvalue weighted by atomic mass is 10.2. The van der Waals surface area contributed by atoms with Crippen molar-refractivity contribution in [2.24, 2.45) is 0 Å². The van der Waals surface area contributed by atoms with Gasteiger partial charge in [0, 0.05) is 12.3 Å². The molecule has 0 aromatic heterocycles. The van der Waals surface area contributed by atoms with Crippen molar-refractivity contribution in [2.75, 3.05) is 26.4 Å². The van der Waals surface area contributed by atoms with Crippen molar-refractivity contribution in [3.05, 3.63) is 0 Å². The highest BCUT2D eigenvalue weighted by Crippen LogP contribution is 2.37. The minimum atomic E-state index is -0.0996. The van der Waals surface area contributed by atoms with Gasteiger partial charge in [-0.1, -0.05) is 21.6 Å². The third kappa shape index (κ3) is 2.34. The van der Waals surface area contributed by atoms with Gasteiger partial charge in [0.25, 0.3) is 0 Å². The van der Waals surface area contributed by atoms with Gasteiger partial charge >= 0.3 is 0 Å². The number of aliphatic hydroxyl groups excluding tert-OH is 1. The molecular formula is C6H13NOS2. The first-order valence-electron chi connectivity index (χ1n) is 3.31. The molecule has 60 valence electrons. The van der Waals surface area contributed by atoms with Crippen LogP contribution in [0.3, 0.4) is 0 Å². The fourth-order valence-corrected chi connectivity index (χ4v) is 3.96. The third-order valence-electron chi connectivity index (χ3n) is 1.40. The molecule has 0 unspecified atom stereocenters. The summed E-state index contributed by atoms with van der Waals surface area (Å²) in [5.74, 6) is 0.892. The Kier molecular flexibility index (Phi) is 3.36. The average Bonchev–Trinajstić information content (AvgIpc) is 2.15. The van der Waals surface area contributed by atoms with E-state index in [1.807, 2.05) is 14.1 Å². The van der Waals surface area contributed by atoms with Crippen molar-refractivity contribution in [3.63, 3.8) is 0 Å². The summed E-state index contributed by atoms with van der Waals surface area (Å²) in [6, 6.07) is 0. The van der Waals surface area contributed by atoms with Crippen LogP contribution in [0.2, 0.25) is 0 Å². The Morgan fingerprint density at radius 2 is 2.30 bits per heavy atom. The van der Waals surface area contributed by atoms with E-state index in [-0.39, 0.29) is 6.10 Å². The first-order valence-corrected chi connectivity index (χ1v) is 5.69. The van der Waals surface area contributed by atoms with E-state index in [1.54, 1.807) is 21.6 Å². The molecule has 2 nitrogen and oxygen atoms in total. The highest BCUT2D eigenvalue weighted by atomic mass is 33.1. The molecule has 4 heteroatoms. The van der Waals surface area contributed by atoms with Gasteiger partial charge in [-0.25, -0.2) is 0 Å². The molecule has 1 aliphatic heterocycles. The Balaban J connectivity index is 2.26. The predicted octanol–water partition coefficient (Wildman–Crippen LogP) is 0.672. The van der Waals surface area contributed by atoms with Crippen LogP contribution in [0.25, 0.3) is 0 Å². The van der Waals surface area contributed by atoms with Gasteiger partial charge in [0.15, 0.2) is 0 Å². The second-order valence-corrected chi connectivity index (χ2v) is 5.40. The first-order chi connectivity index (χ1) is 4.70. The summed E-state index contributed by atoms with van der Waals surface area (Å²) in [4.78, 5) is 2.12. The van der Waals surface area contributed by atoms with Gasteiger partial charge in [-0.15, -0.1) is 0 Å². The fraction of sp³-hybridized carbons (Fsp3) is 1.00. The van der Waals surface area contributed by atoms with Crippen molar-refractivity contribution in [2.45, 2.75) is 11.4 Å². The molecule has 1 fully saturated rings. The summed E-state index contributed by atoms with van der Waals surface area (Å²) in [7, 11) is 7.65. The third-order valence-corrected chi connectivity index (χ3v) is 4.29. The molecule has 10 heavy (non-hydrogen) atoms. The van der Waals surface area contributed by atoms with Crippen LogP contribution < -0.4 is 0 Å². The molecule has 1 N–H and O–H groups in total. The van der Waals surface area contributed by atoms with Crippen molar-refractivity contribution >= 4 is 21.6 Å². The first kappa shape index (κ1) is 8.71. The lowest BCUT2D eigenvalue weighted by Crippen LogP contribution is -2.31. The molecule has 1 heterocycles. The van der Waals surface area contributed by atoms with Gasteiger partial charge in [0.1, 0.15) is 0 Å². The van der Waals surface area contributed by atoms with Crippen LogP contribution in [0.4, 0.5) is 0 Å². The molecule has 0 aromatic rings. The summed E-state index contributed by atoms with van der Waals surface area (Å²) < 4.78 is 0. The minimum absolute atomic E-state index is 0.0996. The zero-order valence-corrected chi connectivity index (χ0v) is 7.91. The molecule has 2 atom stereocenters. The van der Waals surface area contributed by atoms with E-state index in [1.165, 1.54) is 0 Å². The Morgan fingerprint density at radius 1 is 1.60 bits per heavy atom. The number of nitrogens with zero attached hydrogens (tertiary/aromatic N) is 1. The predicted molar refractivity (Wildman–Crippen MR) is 48.4 cm³/mol. The zero-order valence-electron chi connectivity index (χ0n) is 6.28. The highest BCUT2D eigenvalue weighted by molar-refractivity contribution is 8.77. The summed E-state index contributed by atoms with van der Waals surface area (Å²) in [5.41, 5.74) is 0. The minimum Gasteiger partial charge on any atom is -0.391 e. The highest BCUT2D eigenvalue weighted by Gasteiger charge is 2.26. The van der Waals surface area contributed by atoms with E-state index >= 15 is 0 Å². The Hall–Kier alpha value is 0.620. The van der Waals surface area contributed by atoms with Crippen molar-refractivity contribution in [1.82, 2.24) is 4.90 Å². The number of hydrogen-bond acceptors (Lipinski definition) is 4. The van der Waals surface area contributed by atoms with Crippen LogP contribution in [-0.4, -0.2) is 47.8 Å². The maximum absolute atomic E-state index is 9.37. The molecule has 1 rings (SSSR count). The van der Waals surface area contributed by atoms with E-state index in [2.05, 4.69) is 4.90 Å². The lowest BCUT2D eigenvalue weighted by Gasteiger charge is -2.16. The van der Waals surface area contributed by atoms with Crippen molar-refractivity contribution in [1.29, 1.82) is 0 Å². The monoisotopic (exact) mass is 179 g/mol. The van der Waals surface area contributed by atoms with Crippen molar-refractivity contribution in [3.8, 4) is 0 Å². The van der Waals surface area contributed by atoms with Crippen LogP contribution >= 0.6 is 21.6 Å². The molecule has 1 aliphatic rings. The van der Waals surface area contributed by atoms with Gasteiger partial charge in [-0.05, 0) is 14.1 Å². The van der Waals surface area contributed by atoms with Gasteiger partial charge in [-0.3, -0.25) is 0 Å². The van der Waals surface area contributed by atoms with E-state index in [9.17, 15) is 5.11 Å². The van der Waals surface area contributed by atoms with E-state index < -0.39 is 0 Å². The van der Waals surface area contributed by atoms with Crippen LogP contribution in [0.1, 0.15) is 0 Å². The summed E-state index contributed by atoms with van der Waals surface area (Å²) >= 11 is 0. The van der Waals surface area contributed by atoms with Gasteiger partial charge < -0.3 is 10.0 Å². The standard InChI is InChI=1S/C6H13NOS2/c1-7(2)3-6-5(8)4-9-10-6/h5-6,8H,3-4H2,1-2H3/t5-,6-/m1/s1. The van der Waals surface area contributed by atoms with Crippen LogP contribution in [0.5, 0.6) is 0 Å². The van der Waals surface area contributed by atoms with Gasteiger partial charge in [-0.2, -0.15) is 0 Å². The molecule has 0 radical (unpaired) electrons. The van der Waals surface area contributed by atoms with E-state index in [0.717, 1.165) is 12.3 Å². The smallest absolute Gasteiger partial charge is 0.0778 e. The molecule has 0 amide bonds. The maximum Gasteiger partial charge on any atom is 0.0778 e. The SMILES string of the molecule is CN(C)C[C@H]1SSC[C@H]1O. The van der Waals surface area contributed by atoms with Gasteiger partial charge in [0.2, 0.25) is 0 Å². The maximum atomic E-state index is 9.37. The average molecular weight is 179 g/mol. The fourth-order valence-electron chi connectivity index (χ4n) is 0.880. The molecule has 0 saturated carbocycles.